The van der Waals surface area contributed by atoms with Gasteiger partial charge in [-0.05, 0) is 18.2 Å². The average molecular weight is 219 g/mol. The lowest BCUT2D eigenvalue weighted by atomic mass is 10.1. The van der Waals surface area contributed by atoms with Crippen LogP contribution in [0.15, 0.2) is 30.5 Å². The molecule has 80 valence electrons. The second-order valence-electron chi connectivity index (χ2n) is 3.21. The van der Waals surface area contributed by atoms with Crippen LogP contribution in [0.3, 0.4) is 0 Å². The lowest BCUT2D eigenvalue weighted by Gasteiger charge is -2.00. The summed E-state index contributed by atoms with van der Waals surface area (Å²) in [5, 5.41) is 9.28. The molecular formula is C11H6FNO3. The Bertz CT molecular complexity index is 542. The van der Waals surface area contributed by atoms with Crippen LogP contribution in [0.1, 0.15) is 20.7 Å². The molecular weight excluding hydrogens is 213 g/mol. The Morgan fingerprint density at radius 3 is 2.56 bits per heavy atom. The second-order valence-corrected chi connectivity index (χ2v) is 3.21. The van der Waals surface area contributed by atoms with Gasteiger partial charge in [0.15, 0.2) is 0 Å². The first kappa shape index (κ1) is 10.2. The van der Waals surface area contributed by atoms with Crippen molar-refractivity contribution in [3.05, 3.63) is 41.6 Å². The molecule has 1 aromatic heterocycles. The van der Waals surface area contributed by atoms with E-state index in [1.165, 1.54) is 24.3 Å². The van der Waals surface area contributed by atoms with Crippen LogP contribution in [0.25, 0.3) is 10.9 Å². The number of rotatable bonds is 2. The fraction of sp³-hybridized carbons (Fsp3) is 0. The molecule has 0 saturated carbocycles. The minimum absolute atomic E-state index is 0.0480. The molecule has 0 aliphatic carbocycles. The third kappa shape index (κ3) is 1.75. The molecule has 5 heteroatoms. The summed E-state index contributed by atoms with van der Waals surface area (Å²) in [5.41, 5.74) is 0.336. The smallest absolute Gasteiger partial charge is 0.337 e. The Morgan fingerprint density at radius 2 is 1.94 bits per heavy atom. The highest BCUT2D eigenvalue weighted by Gasteiger charge is 2.08. The molecule has 1 heterocycles. The molecule has 0 spiro atoms. The van der Waals surface area contributed by atoms with Crippen molar-refractivity contribution < 1.29 is 19.1 Å². The zero-order valence-electron chi connectivity index (χ0n) is 7.98. The summed E-state index contributed by atoms with van der Waals surface area (Å²) in [6.45, 7) is 0. The topological polar surface area (TPSA) is 67.3 Å². The van der Waals surface area contributed by atoms with Gasteiger partial charge in [-0.1, -0.05) is 6.07 Å². The predicted octanol–water partition coefficient (Wildman–Crippen LogP) is 2.04. The first-order valence-corrected chi connectivity index (χ1v) is 4.41. The van der Waals surface area contributed by atoms with Crippen LogP contribution in [0.5, 0.6) is 0 Å². The van der Waals surface area contributed by atoms with Gasteiger partial charge in [-0.3, -0.25) is 9.78 Å². The van der Waals surface area contributed by atoms with Crippen molar-refractivity contribution in [3.8, 4) is 0 Å². The second kappa shape index (κ2) is 3.69. The van der Waals surface area contributed by atoms with Crippen LogP contribution in [-0.4, -0.2) is 22.1 Å². The molecule has 2 rings (SSSR count). The first-order valence-electron chi connectivity index (χ1n) is 4.41. The third-order valence-corrected chi connectivity index (χ3v) is 2.16. The lowest BCUT2D eigenvalue weighted by Crippen LogP contribution is -1.97. The van der Waals surface area contributed by atoms with Gasteiger partial charge < -0.3 is 5.11 Å². The summed E-state index contributed by atoms with van der Waals surface area (Å²) in [5.74, 6) is -1.08. The number of hydrogen-bond acceptors (Lipinski definition) is 3. The van der Waals surface area contributed by atoms with E-state index in [9.17, 15) is 14.0 Å². The van der Waals surface area contributed by atoms with Crippen molar-refractivity contribution in [2.45, 2.75) is 0 Å². The zero-order valence-corrected chi connectivity index (χ0v) is 7.98. The summed E-state index contributed by atoms with van der Waals surface area (Å²) in [7, 11) is 0. The average Bonchev–Trinajstić information content (AvgIpc) is 2.27. The lowest BCUT2D eigenvalue weighted by molar-refractivity contribution is 0.0696. The molecule has 4 nitrogen and oxygen atoms in total. The number of fused-ring (bicyclic) bond motifs is 1. The maximum absolute atomic E-state index is 12.4. The monoisotopic (exact) mass is 219 g/mol. The largest absolute Gasteiger partial charge is 0.478 e. The molecule has 0 aliphatic heterocycles. The van der Waals surface area contributed by atoms with Gasteiger partial charge in [0.2, 0.25) is 0 Å². The van der Waals surface area contributed by atoms with Gasteiger partial charge in [0.25, 0.3) is 0 Å². The van der Waals surface area contributed by atoms with Crippen molar-refractivity contribution in [2.75, 3.05) is 0 Å². The van der Waals surface area contributed by atoms with Gasteiger partial charge in [0.05, 0.1) is 16.6 Å². The van der Waals surface area contributed by atoms with Crippen LogP contribution in [-0.2, 0) is 0 Å². The van der Waals surface area contributed by atoms with Crippen molar-refractivity contribution in [2.24, 2.45) is 0 Å². The van der Waals surface area contributed by atoms with Gasteiger partial charge >= 0.3 is 12.0 Å². The Kier molecular flexibility index (Phi) is 2.36. The van der Waals surface area contributed by atoms with E-state index in [-0.39, 0.29) is 11.1 Å². The quantitative estimate of drug-likeness (QED) is 0.785. The summed E-state index contributed by atoms with van der Waals surface area (Å²) >= 11 is 0. The summed E-state index contributed by atoms with van der Waals surface area (Å²) in [6.07, 6.45) is 1.16. The number of pyridine rings is 1. The van der Waals surface area contributed by atoms with E-state index in [0.29, 0.717) is 10.9 Å². The number of carboxylic acids is 1. The summed E-state index contributed by atoms with van der Waals surface area (Å²) < 4.78 is 12.4. The van der Waals surface area contributed by atoms with Gasteiger partial charge in [-0.25, -0.2) is 4.79 Å². The highest BCUT2D eigenvalue weighted by Crippen LogP contribution is 2.16. The number of nitrogens with zero attached hydrogens (tertiary/aromatic N) is 1. The Balaban J connectivity index is 2.61. The van der Waals surface area contributed by atoms with Crippen molar-refractivity contribution in [1.29, 1.82) is 0 Å². The van der Waals surface area contributed by atoms with Crippen LogP contribution >= 0.6 is 0 Å². The number of carbonyl (C=O) groups is 2. The zero-order chi connectivity index (χ0) is 11.7. The van der Waals surface area contributed by atoms with E-state index in [1.807, 2.05) is 0 Å². The van der Waals surface area contributed by atoms with Crippen molar-refractivity contribution in [1.82, 2.24) is 4.98 Å². The normalized spacial score (nSPS) is 10.3. The van der Waals surface area contributed by atoms with Crippen molar-refractivity contribution in [3.63, 3.8) is 0 Å². The van der Waals surface area contributed by atoms with Gasteiger partial charge in [0, 0.05) is 11.6 Å². The Hall–Kier alpha value is -2.30. The van der Waals surface area contributed by atoms with Crippen LogP contribution < -0.4 is 0 Å². The number of carbonyl (C=O) groups excluding carboxylic acids is 1. The number of carboxylic acid groups (broad SMARTS) is 1. The van der Waals surface area contributed by atoms with E-state index in [1.54, 1.807) is 0 Å². The summed E-state index contributed by atoms with van der Waals surface area (Å²) in [4.78, 5) is 25.0. The van der Waals surface area contributed by atoms with Crippen LogP contribution in [0.4, 0.5) is 4.39 Å². The predicted molar refractivity (Wildman–Crippen MR) is 54.1 cm³/mol. The molecule has 0 atom stereocenters. The number of aromatic nitrogens is 1. The molecule has 0 saturated heterocycles. The molecule has 2 aromatic rings. The molecule has 1 aromatic carbocycles. The van der Waals surface area contributed by atoms with Gasteiger partial charge in [-0.2, -0.15) is 4.39 Å². The molecule has 0 aliphatic rings. The number of hydrogen-bond donors (Lipinski definition) is 1. The Morgan fingerprint density at radius 1 is 1.19 bits per heavy atom. The maximum Gasteiger partial charge on any atom is 0.337 e. The molecule has 16 heavy (non-hydrogen) atoms. The minimum atomic E-state index is -1.54. The van der Waals surface area contributed by atoms with E-state index < -0.39 is 12.0 Å². The van der Waals surface area contributed by atoms with Crippen molar-refractivity contribution >= 4 is 22.9 Å². The fourth-order valence-corrected chi connectivity index (χ4v) is 1.36. The molecule has 0 radical (unpaired) electrons. The fourth-order valence-electron chi connectivity index (χ4n) is 1.36. The minimum Gasteiger partial charge on any atom is -0.478 e. The highest BCUT2D eigenvalue weighted by atomic mass is 19.1. The van der Waals surface area contributed by atoms with Crippen LogP contribution in [0, 0.1) is 0 Å². The standard InChI is InChI=1S/C11H6FNO3/c12-10(14)7-2-1-6-3-8(11(15)16)5-13-9(6)4-7/h1-5H,(H,15,16). The number of halogens is 1. The third-order valence-electron chi connectivity index (χ3n) is 2.16. The van der Waals surface area contributed by atoms with E-state index in [0.717, 1.165) is 6.20 Å². The van der Waals surface area contributed by atoms with Crippen LogP contribution in [0.2, 0.25) is 0 Å². The number of aromatic carboxylic acids is 1. The highest BCUT2D eigenvalue weighted by molar-refractivity contribution is 5.96. The van der Waals surface area contributed by atoms with E-state index >= 15 is 0 Å². The Labute approximate surface area is 89.3 Å². The van der Waals surface area contributed by atoms with Gasteiger partial charge in [-0.15, -0.1) is 0 Å². The molecule has 0 amide bonds. The van der Waals surface area contributed by atoms with E-state index in [4.69, 9.17) is 5.11 Å². The number of benzene rings is 1. The molecule has 0 fully saturated rings. The molecule has 0 unspecified atom stereocenters. The first-order chi connectivity index (χ1) is 7.58. The van der Waals surface area contributed by atoms with Gasteiger partial charge in [0.1, 0.15) is 0 Å². The molecule has 0 bridgehead atoms. The van der Waals surface area contributed by atoms with E-state index in [2.05, 4.69) is 4.98 Å². The SMILES string of the molecule is O=C(O)c1cnc2cc(C(=O)F)ccc2c1. The molecule has 1 N–H and O–H groups in total. The summed E-state index contributed by atoms with van der Waals surface area (Å²) in [6, 6.07) is 3.91. The maximum atomic E-state index is 12.4.